The van der Waals surface area contributed by atoms with Gasteiger partial charge in [-0.25, -0.2) is 4.39 Å². The maximum absolute atomic E-state index is 12.9. The van der Waals surface area contributed by atoms with E-state index in [1.165, 1.54) is 36.0 Å². The zero-order valence-electron chi connectivity index (χ0n) is 15.3. The van der Waals surface area contributed by atoms with Gasteiger partial charge < -0.3 is 10.1 Å². The van der Waals surface area contributed by atoms with Crippen LogP contribution in [0.2, 0.25) is 0 Å². The van der Waals surface area contributed by atoms with E-state index in [0.717, 1.165) is 5.56 Å². The van der Waals surface area contributed by atoms with Gasteiger partial charge in [-0.15, -0.1) is 0 Å². The van der Waals surface area contributed by atoms with Crippen molar-refractivity contribution in [2.24, 2.45) is 0 Å². The number of hydrogen-bond donors (Lipinski definition) is 1. The molecule has 150 valence electrons. The SMILES string of the molecule is CCN1C(=O)/C(=C/c2ccc(OCC(=O)Nc3ccc(F)cc3)c(Br)c2)SC1=S. The summed E-state index contributed by atoms with van der Waals surface area (Å²) in [5.74, 6) is -0.357. The molecule has 2 aromatic rings. The van der Waals surface area contributed by atoms with Gasteiger partial charge in [0, 0.05) is 12.2 Å². The van der Waals surface area contributed by atoms with Crippen LogP contribution in [0.5, 0.6) is 5.75 Å². The third-order valence-electron chi connectivity index (χ3n) is 3.93. The molecule has 5 nitrogen and oxygen atoms in total. The van der Waals surface area contributed by atoms with E-state index in [2.05, 4.69) is 21.2 Å². The lowest BCUT2D eigenvalue weighted by Gasteiger charge is -2.10. The number of thioether (sulfide) groups is 1. The van der Waals surface area contributed by atoms with Gasteiger partial charge in [0.05, 0.1) is 9.38 Å². The molecule has 0 radical (unpaired) electrons. The Morgan fingerprint density at radius 3 is 2.66 bits per heavy atom. The fraction of sp³-hybridized carbons (Fsp3) is 0.150. The zero-order chi connectivity index (χ0) is 21.0. The first kappa shape index (κ1) is 21.5. The molecular formula is C20H16BrFN2O3S2. The summed E-state index contributed by atoms with van der Waals surface area (Å²) in [4.78, 5) is 26.4. The van der Waals surface area contributed by atoms with E-state index in [9.17, 15) is 14.0 Å². The molecule has 29 heavy (non-hydrogen) atoms. The quantitative estimate of drug-likeness (QED) is 0.460. The molecule has 0 aromatic heterocycles. The van der Waals surface area contributed by atoms with Crippen LogP contribution in [0.25, 0.3) is 6.08 Å². The number of benzene rings is 2. The molecule has 0 spiro atoms. The number of halogens is 2. The number of hydrogen-bond acceptors (Lipinski definition) is 5. The number of anilines is 1. The number of likely N-dealkylation sites (N-methyl/N-ethyl adjacent to an activating group) is 1. The molecule has 1 heterocycles. The van der Waals surface area contributed by atoms with Gasteiger partial charge >= 0.3 is 0 Å². The van der Waals surface area contributed by atoms with Crippen molar-refractivity contribution in [3.8, 4) is 5.75 Å². The minimum Gasteiger partial charge on any atom is -0.483 e. The zero-order valence-corrected chi connectivity index (χ0v) is 18.5. The molecule has 2 amide bonds. The van der Waals surface area contributed by atoms with Crippen molar-refractivity contribution in [1.29, 1.82) is 0 Å². The Balaban J connectivity index is 1.62. The Morgan fingerprint density at radius 1 is 1.31 bits per heavy atom. The summed E-state index contributed by atoms with van der Waals surface area (Å²) >= 11 is 9.90. The highest BCUT2D eigenvalue weighted by atomic mass is 79.9. The maximum atomic E-state index is 12.9. The monoisotopic (exact) mass is 494 g/mol. The predicted molar refractivity (Wildman–Crippen MR) is 120 cm³/mol. The minimum absolute atomic E-state index is 0.101. The first-order valence-corrected chi connectivity index (χ1v) is 10.6. The molecule has 2 aromatic carbocycles. The second-order valence-corrected chi connectivity index (χ2v) is 8.49. The van der Waals surface area contributed by atoms with Crippen molar-refractivity contribution in [3.05, 3.63) is 63.2 Å². The van der Waals surface area contributed by atoms with E-state index < -0.39 is 0 Å². The number of nitrogens with one attached hydrogen (secondary N) is 1. The number of ether oxygens (including phenoxy) is 1. The number of amides is 2. The Morgan fingerprint density at radius 2 is 2.03 bits per heavy atom. The van der Waals surface area contributed by atoms with Crippen LogP contribution in [-0.4, -0.2) is 34.2 Å². The van der Waals surface area contributed by atoms with Crippen molar-refractivity contribution in [2.75, 3.05) is 18.5 Å². The molecule has 1 fully saturated rings. The summed E-state index contributed by atoms with van der Waals surface area (Å²) in [5.41, 5.74) is 1.29. The van der Waals surface area contributed by atoms with Gasteiger partial charge in [-0.2, -0.15) is 0 Å². The van der Waals surface area contributed by atoms with Crippen LogP contribution < -0.4 is 10.1 Å². The minimum atomic E-state index is -0.375. The highest BCUT2D eigenvalue weighted by Crippen LogP contribution is 2.33. The van der Waals surface area contributed by atoms with Crippen LogP contribution in [0.3, 0.4) is 0 Å². The van der Waals surface area contributed by atoms with Crippen molar-refractivity contribution in [2.45, 2.75) is 6.92 Å². The highest BCUT2D eigenvalue weighted by molar-refractivity contribution is 9.10. The van der Waals surface area contributed by atoms with E-state index in [4.69, 9.17) is 17.0 Å². The van der Waals surface area contributed by atoms with Crippen LogP contribution >= 0.6 is 39.9 Å². The molecule has 9 heteroatoms. The summed E-state index contributed by atoms with van der Waals surface area (Å²) in [7, 11) is 0. The molecule has 0 bridgehead atoms. The molecule has 1 N–H and O–H groups in total. The fourth-order valence-electron chi connectivity index (χ4n) is 2.52. The van der Waals surface area contributed by atoms with Crippen molar-refractivity contribution in [1.82, 2.24) is 4.90 Å². The van der Waals surface area contributed by atoms with Crippen molar-refractivity contribution >= 4 is 67.8 Å². The van der Waals surface area contributed by atoms with Crippen molar-refractivity contribution < 1.29 is 18.7 Å². The molecule has 0 aliphatic carbocycles. The van der Waals surface area contributed by atoms with Crippen LogP contribution in [-0.2, 0) is 9.59 Å². The fourth-order valence-corrected chi connectivity index (χ4v) is 4.42. The number of carbonyl (C=O) groups is 2. The summed E-state index contributed by atoms with van der Waals surface area (Å²) in [6.07, 6.45) is 1.77. The summed E-state index contributed by atoms with van der Waals surface area (Å²) in [5, 5.41) is 2.62. The second-order valence-electron chi connectivity index (χ2n) is 5.96. The second kappa shape index (κ2) is 9.51. The van der Waals surface area contributed by atoms with Crippen molar-refractivity contribution in [3.63, 3.8) is 0 Å². The lowest BCUT2D eigenvalue weighted by Crippen LogP contribution is -2.27. The van der Waals surface area contributed by atoms with Gasteiger partial charge in [-0.05, 0) is 70.9 Å². The van der Waals surface area contributed by atoms with Gasteiger partial charge in [0.2, 0.25) is 0 Å². The molecule has 0 saturated carbocycles. The Labute approximate surface area is 185 Å². The van der Waals surface area contributed by atoms with E-state index in [1.807, 2.05) is 6.92 Å². The van der Waals surface area contributed by atoms with E-state index >= 15 is 0 Å². The summed E-state index contributed by atoms with van der Waals surface area (Å²) in [6.45, 7) is 2.21. The van der Waals surface area contributed by atoms with Crippen LogP contribution in [0, 0.1) is 5.82 Å². The first-order chi connectivity index (χ1) is 13.9. The number of carbonyl (C=O) groups excluding carboxylic acids is 2. The maximum Gasteiger partial charge on any atom is 0.266 e. The molecule has 1 saturated heterocycles. The highest BCUT2D eigenvalue weighted by Gasteiger charge is 2.30. The third-order valence-corrected chi connectivity index (χ3v) is 5.93. The number of nitrogens with zero attached hydrogens (tertiary/aromatic N) is 1. The van der Waals surface area contributed by atoms with Gasteiger partial charge in [0.25, 0.3) is 11.8 Å². The Bertz CT molecular complexity index is 996. The molecule has 0 unspecified atom stereocenters. The standard InChI is InChI=1S/C20H16BrFN2O3S2/c1-2-24-19(26)17(29-20(24)28)10-12-3-8-16(15(21)9-12)27-11-18(25)23-14-6-4-13(22)5-7-14/h3-10H,2,11H2,1H3,(H,23,25)/b17-10-. The predicted octanol–water partition coefficient (Wildman–Crippen LogP) is 4.83. The van der Waals surface area contributed by atoms with Crippen LogP contribution in [0.1, 0.15) is 12.5 Å². The lowest BCUT2D eigenvalue weighted by molar-refractivity contribution is -0.122. The smallest absolute Gasteiger partial charge is 0.266 e. The van der Waals surface area contributed by atoms with Crippen LogP contribution in [0.4, 0.5) is 10.1 Å². The number of thiocarbonyl (C=S) groups is 1. The first-order valence-electron chi connectivity index (χ1n) is 8.60. The third kappa shape index (κ3) is 5.43. The van der Waals surface area contributed by atoms with E-state index in [1.54, 1.807) is 29.2 Å². The molecular weight excluding hydrogens is 479 g/mol. The lowest BCUT2D eigenvalue weighted by atomic mass is 10.2. The molecule has 3 rings (SSSR count). The van der Waals surface area contributed by atoms with E-state index in [0.29, 0.717) is 31.7 Å². The van der Waals surface area contributed by atoms with Gasteiger partial charge in [-0.1, -0.05) is 30.0 Å². The van der Waals surface area contributed by atoms with Gasteiger partial charge in [-0.3, -0.25) is 14.5 Å². The van der Waals surface area contributed by atoms with Crippen LogP contribution in [0.15, 0.2) is 51.8 Å². The van der Waals surface area contributed by atoms with Gasteiger partial charge in [0.15, 0.2) is 6.61 Å². The Kier molecular flexibility index (Phi) is 7.05. The molecule has 1 aliphatic heterocycles. The normalized spacial score (nSPS) is 15.1. The summed E-state index contributed by atoms with van der Waals surface area (Å²) < 4.78 is 19.6. The average Bonchev–Trinajstić information content (AvgIpc) is 2.95. The topological polar surface area (TPSA) is 58.6 Å². The Hall–Kier alpha value is -2.23. The number of rotatable bonds is 6. The summed E-state index contributed by atoms with van der Waals surface area (Å²) in [6, 6.07) is 10.8. The molecule has 1 aliphatic rings. The molecule has 0 atom stereocenters. The largest absolute Gasteiger partial charge is 0.483 e. The van der Waals surface area contributed by atoms with E-state index in [-0.39, 0.29) is 24.2 Å². The van der Waals surface area contributed by atoms with Gasteiger partial charge in [0.1, 0.15) is 15.9 Å². The average molecular weight is 495 g/mol.